The topological polar surface area (TPSA) is 708 Å². The number of aliphatic hydroxyl groups excluding tert-OH is 1. The number of azo groups is 5. The van der Waals surface area contributed by atoms with Gasteiger partial charge in [-0.15, -0.1) is 66.2 Å². The summed E-state index contributed by atoms with van der Waals surface area (Å²) in [6.07, 6.45) is 0.498. The van der Waals surface area contributed by atoms with Gasteiger partial charge < -0.3 is 40.3 Å². The molecule has 0 heterocycles. The lowest BCUT2D eigenvalue weighted by Gasteiger charge is -2.13. The largest absolute Gasteiger partial charge is 0.507 e. The molecule has 584 valence electrons. The van der Waals surface area contributed by atoms with Gasteiger partial charge in [0.15, 0.2) is 23.6 Å². The average molecular weight is 1690 g/mol. The van der Waals surface area contributed by atoms with Gasteiger partial charge in [-0.1, -0.05) is 18.2 Å². The molecule has 0 bridgehead atoms. The van der Waals surface area contributed by atoms with Crippen LogP contribution in [0.5, 0.6) is 28.7 Å². The molecular formula is C60H50N12O31S8. The van der Waals surface area contributed by atoms with E-state index in [2.05, 4.69) is 56.5 Å². The number of anilines is 1. The normalized spacial score (nSPS) is 12.5. The third kappa shape index (κ3) is 21.6. The molecule has 0 saturated carbocycles. The summed E-state index contributed by atoms with van der Waals surface area (Å²) in [5.41, 5.74) is -2.65. The molecule has 0 saturated heterocycles. The Morgan fingerprint density at radius 2 is 0.991 bits per heavy atom. The monoisotopic (exact) mass is 1690 g/mol. The molecule has 10 rings (SSSR count). The number of hydrogen-bond donors (Lipinski definition) is 13. The van der Waals surface area contributed by atoms with Gasteiger partial charge in [0.2, 0.25) is 0 Å². The number of phenolic OH excluding ortho intramolecular Hbond substituents is 4. The van der Waals surface area contributed by atoms with E-state index in [0.717, 1.165) is 48.5 Å². The van der Waals surface area contributed by atoms with E-state index in [4.69, 9.17) is 40.1 Å². The lowest BCUT2D eigenvalue weighted by Crippen LogP contribution is -2.10. The highest BCUT2D eigenvalue weighted by molar-refractivity contribution is 7.87. The highest BCUT2D eigenvalue weighted by Crippen LogP contribution is 2.49. The third-order valence-electron chi connectivity index (χ3n) is 14.8. The van der Waals surface area contributed by atoms with Crippen LogP contribution in [0, 0.1) is 12.3 Å². The molecule has 0 fully saturated rings. The van der Waals surface area contributed by atoms with Crippen LogP contribution in [0.3, 0.4) is 0 Å². The van der Waals surface area contributed by atoms with Crippen molar-refractivity contribution in [3.63, 3.8) is 0 Å². The van der Waals surface area contributed by atoms with Crippen molar-refractivity contribution < 1.29 is 138 Å². The van der Waals surface area contributed by atoms with Gasteiger partial charge in [-0.2, -0.15) is 60.7 Å². The van der Waals surface area contributed by atoms with Crippen molar-refractivity contribution in [1.29, 1.82) is 5.41 Å². The molecule has 51 heteroatoms. The zero-order valence-electron chi connectivity index (χ0n) is 55.3. The fourth-order valence-electron chi connectivity index (χ4n) is 10.2. The predicted octanol–water partition coefficient (Wildman–Crippen LogP) is 10.9. The molecule has 0 aromatic heterocycles. The molecule has 13 N–H and O–H groups in total. The Balaban J connectivity index is 0.00000184. The Labute approximate surface area is 627 Å². The first kappa shape index (κ1) is 84.8. The molecule has 10 aromatic rings. The van der Waals surface area contributed by atoms with Crippen LogP contribution in [0.4, 0.5) is 62.6 Å². The summed E-state index contributed by atoms with van der Waals surface area (Å²) in [5, 5.41) is 105. The van der Waals surface area contributed by atoms with Crippen molar-refractivity contribution >= 4 is 194 Å². The summed E-state index contributed by atoms with van der Waals surface area (Å²) in [6.45, 7) is 0.156. The second-order valence-electron chi connectivity index (χ2n) is 22.2. The molecule has 0 aliphatic heterocycles. The quantitative estimate of drug-likeness (QED) is 0.00787. The minimum atomic E-state index is -5.24. The molecule has 0 spiro atoms. The first-order chi connectivity index (χ1) is 51.8. The standard InChI is InChI=1S/C60H50N12O25S6.2O3S/c1-30-19-47(51(97-17-16-73)27-46(30)67-70-49-25-35(99(81,82)83)21-33-22-36(100(84,85)86)26-50(74)54(33)49)68-72-56-53(102(90,91)92)23-32-4-5-34(24-41(32)59(56)77)63-71-55-37-6-11-43(57(75)38(37)7-10-42(55)62-15-2-18-98(78,79)80)64-66-45-13-8-39-40(60(45)103(93,94)95)9-12-44(58(39)76)65-69-48-20-31(28-96-29-61)3-14-52(48)101(87,88)89;2*1-4(2)3/h3-14,19-27,29,61-62,73-77H,2,15-18,28H2,1H3,(H,78,79,80)(H,81,82,83)(H,84,85,86)(H,87,88,89)(H,90,91,92)(H,93,94,95);;. The number of nitrogens with one attached hydrogen (secondary N) is 2. The van der Waals surface area contributed by atoms with E-state index in [1.165, 1.54) is 79.7 Å². The number of rotatable bonds is 26. The number of benzene rings is 10. The van der Waals surface area contributed by atoms with Gasteiger partial charge in [0.1, 0.15) is 79.2 Å². The second kappa shape index (κ2) is 34.4. The van der Waals surface area contributed by atoms with Crippen molar-refractivity contribution in [3.05, 3.63) is 139 Å². The van der Waals surface area contributed by atoms with Crippen LogP contribution in [0.2, 0.25) is 0 Å². The highest BCUT2D eigenvalue weighted by atomic mass is 32.2. The summed E-state index contributed by atoms with van der Waals surface area (Å²) < 4.78 is 269. The van der Waals surface area contributed by atoms with Crippen molar-refractivity contribution in [2.24, 2.45) is 51.1 Å². The van der Waals surface area contributed by atoms with Crippen molar-refractivity contribution in [2.45, 2.75) is 44.4 Å². The van der Waals surface area contributed by atoms with Crippen LogP contribution in [-0.2, 0) is 93.3 Å². The van der Waals surface area contributed by atoms with E-state index in [0.29, 0.717) is 18.0 Å². The van der Waals surface area contributed by atoms with Gasteiger partial charge in [0.05, 0.1) is 50.3 Å². The Morgan fingerprint density at radius 3 is 1.58 bits per heavy atom. The van der Waals surface area contributed by atoms with Crippen LogP contribution in [0.25, 0.3) is 43.1 Å². The summed E-state index contributed by atoms with van der Waals surface area (Å²) in [6, 6.07) is 23.4. The van der Waals surface area contributed by atoms with Gasteiger partial charge in [-0.3, -0.25) is 32.7 Å². The average Bonchev–Trinajstić information content (AvgIpc) is 0.774. The number of aryl methyl sites for hydroxylation is 1. The van der Waals surface area contributed by atoms with E-state index in [1.54, 1.807) is 0 Å². The third-order valence-corrected chi connectivity index (χ3v) is 20.0. The number of ether oxygens (including phenoxy) is 2. The van der Waals surface area contributed by atoms with E-state index in [9.17, 15) is 103 Å². The van der Waals surface area contributed by atoms with Gasteiger partial charge in [-0.05, 0) is 132 Å². The zero-order chi connectivity index (χ0) is 82.0. The van der Waals surface area contributed by atoms with Crippen molar-refractivity contribution in [3.8, 4) is 28.7 Å². The fourth-order valence-corrected chi connectivity index (χ4v) is 13.8. The highest BCUT2D eigenvalue weighted by Gasteiger charge is 2.27. The number of nitrogens with zero attached hydrogens (tertiary/aromatic N) is 10. The number of aliphatic hydroxyl groups is 1. The Hall–Kier alpha value is -11.8. The molecule has 0 aliphatic carbocycles. The van der Waals surface area contributed by atoms with Crippen LogP contribution >= 0.6 is 0 Å². The summed E-state index contributed by atoms with van der Waals surface area (Å²) in [5.74, 6) is -3.92. The maximum atomic E-state index is 13.0. The maximum absolute atomic E-state index is 13.0. The summed E-state index contributed by atoms with van der Waals surface area (Å²) in [7, 11) is -35.9. The van der Waals surface area contributed by atoms with E-state index in [-0.39, 0.29) is 114 Å². The number of aromatic hydroxyl groups is 4. The Morgan fingerprint density at radius 1 is 0.459 bits per heavy atom. The SMILES string of the molecule is Cc1cc(N=Nc2c(S(=O)(=O)O)cc3ccc(N=Nc4c(NCCCS(=O)(=O)O)ccc5c(O)c(N=Nc6ccc7c(O)c(N=Nc8cc(COC=N)ccc8S(=O)(=O)O)ccc7c6S(=O)(=O)O)ccc45)cc3c2O)c(OCCO)cc1N=Nc1cc(S(=O)(=O)O)cc2cc(S(=O)(=O)O)cc(O)c12.O=S(=O)=O.O=S(=O)=O. The Bertz CT molecular complexity index is 6600. The van der Waals surface area contributed by atoms with E-state index in [1.807, 2.05) is 0 Å². The minimum Gasteiger partial charge on any atom is -0.507 e. The molecular weight excluding hydrogens is 1640 g/mol. The van der Waals surface area contributed by atoms with Crippen molar-refractivity contribution in [1.82, 2.24) is 0 Å². The lowest BCUT2D eigenvalue weighted by atomic mass is 10.1. The summed E-state index contributed by atoms with van der Waals surface area (Å²) >= 11 is 0. The minimum absolute atomic E-state index is 0.00714. The first-order valence-electron chi connectivity index (χ1n) is 29.8. The predicted molar refractivity (Wildman–Crippen MR) is 385 cm³/mol. The smallest absolute Gasteiger partial charge is 0.425 e. The van der Waals surface area contributed by atoms with Crippen LogP contribution in [0.15, 0.2) is 203 Å². The van der Waals surface area contributed by atoms with Crippen LogP contribution in [0.1, 0.15) is 17.5 Å². The molecule has 111 heavy (non-hydrogen) atoms. The second-order valence-corrected chi connectivity index (χ2v) is 31.5. The molecule has 43 nitrogen and oxygen atoms in total. The van der Waals surface area contributed by atoms with Crippen molar-refractivity contribution in [2.75, 3.05) is 30.8 Å². The maximum Gasteiger partial charge on any atom is 0.425 e. The van der Waals surface area contributed by atoms with Gasteiger partial charge in [-0.25, -0.2) is 0 Å². The lowest BCUT2D eigenvalue weighted by molar-refractivity contribution is 0.202. The van der Waals surface area contributed by atoms with E-state index >= 15 is 0 Å². The number of hydrogen-bond acceptors (Lipinski definition) is 37. The molecule has 0 radical (unpaired) electrons. The number of phenols is 4. The van der Waals surface area contributed by atoms with Crippen LogP contribution in [-0.4, -0.2) is 161 Å². The van der Waals surface area contributed by atoms with Gasteiger partial charge in [0, 0.05) is 45.6 Å². The zero-order valence-corrected chi connectivity index (χ0v) is 61.8. The summed E-state index contributed by atoms with van der Waals surface area (Å²) in [4.78, 5) is -4.17. The Kier molecular flexibility index (Phi) is 26.3. The van der Waals surface area contributed by atoms with E-state index < -0.39 is 171 Å². The molecule has 0 atom stereocenters. The molecule has 0 amide bonds. The number of fused-ring (bicyclic) bond motifs is 4. The van der Waals surface area contributed by atoms with Gasteiger partial charge in [0.25, 0.3) is 60.7 Å². The van der Waals surface area contributed by atoms with Gasteiger partial charge >= 0.3 is 21.2 Å². The molecule has 0 aliphatic rings. The fraction of sp³-hybridized carbons (Fsp3) is 0.117. The molecule has 10 aromatic carbocycles. The first-order valence-corrected chi connectivity index (χ1v) is 40.6. The molecule has 0 unspecified atom stereocenters. The van der Waals surface area contributed by atoms with Crippen LogP contribution < -0.4 is 10.1 Å².